The Labute approximate surface area is 87.7 Å². The summed E-state index contributed by atoms with van der Waals surface area (Å²) in [6.45, 7) is 9.82. The van der Waals surface area contributed by atoms with Crippen LogP contribution in [0.15, 0.2) is 0 Å². The van der Waals surface area contributed by atoms with E-state index in [4.69, 9.17) is 0 Å². The van der Waals surface area contributed by atoms with E-state index >= 15 is 0 Å². The lowest BCUT2D eigenvalue weighted by molar-refractivity contribution is 0.133. The molecule has 0 unspecified atom stereocenters. The molecule has 0 saturated carbocycles. The molecular weight excluding hydrogens is 180 g/mol. The SMILES string of the molecule is CCCN1CCN(CCCS)CC1. The van der Waals surface area contributed by atoms with E-state index in [1.807, 2.05) is 0 Å². The smallest absolute Gasteiger partial charge is 0.0110 e. The van der Waals surface area contributed by atoms with Crippen LogP contribution in [0.25, 0.3) is 0 Å². The Kier molecular flexibility index (Phi) is 5.83. The number of piperazine rings is 1. The first-order valence-corrected chi connectivity index (χ1v) is 6.05. The molecule has 2 nitrogen and oxygen atoms in total. The molecule has 0 aliphatic carbocycles. The summed E-state index contributed by atoms with van der Waals surface area (Å²) < 4.78 is 0. The molecule has 0 amide bonds. The van der Waals surface area contributed by atoms with E-state index in [-0.39, 0.29) is 0 Å². The fourth-order valence-electron chi connectivity index (χ4n) is 1.85. The van der Waals surface area contributed by atoms with Crippen LogP contribution in [0.3, 0.4) is 0 Å². The van der Waals surface area contributed by atoms with Crippen LogP contribution >= 0.6 is 12.6 Å². The number of thiol groups is 1. The van der Waals surface area contributed by atoms with Gasteiger partial charge in [0.05, 0.1) is 0 Å². The molecule has 1 aliphatic rings. The minimum absolute atomic E-state index is 1.02. The van der Waals surface area contributed by atoms with Crippen LogP contribution in [-0.4, -0.2) is 54.8 Å². The van der Waals surface area contributed by atoms with Crippen LogP contribution in [0, 0.1) is 0 Å². The summed E-state index contributed by atoms with van der Waals surface area (Å²) in [5, 5.41) is 0. The van der Waals surface area contributed by atoms with Crippen LogP contribution < -0.4 is 0 Å². The van der Waals surface area contributed by atoms with Crippen molar-refractivity contribution in [1.82, 2.24) is 9.80 Å². The third kappa shape index (κ3) is 4.34. The Bertz CT molecular complexity index is 122. The molecule has 0 aromatic rings. The summed E-state index contributed by atoms with van der Waals surface area (Å²) in [5.74, 6) is 1.02. The van der Waals surface area contributed by atoms with Crippen LogP contribution in [-0.2, 0) is 0 Å². The first-order chi connectivity index (χ1) is 6.36. The molecule has 1 rings (SSSR count). The Morgan fingerprint density at radius 2 is 1.54 bits per heavy atom. The average molecular weight is 202 g/mol. The van der Waals surface area contributed by atoms with Crippen LogP contribution in [0.5, 0.6) is 0 Å². The van der Waals surface area contributed by atoms with Gasteiger partial charge in [-0.3, -0.25) is 0 Å². The van der Waals surface area contributed by atoms with Crippen molar-refractivity contribution >= 4 is 12.6 Å². The van der Waals surface area contributed by atoms with Gasteiger partial charge < -0.3 is 9.80 Å². The molecule has 3 heteroatoms. The Balaban J connectivity index is 2.08. The maximum atomic E-state index is 4.23. The van der Waals surface area contributed by atoms with E-state index in [1.54, 1.807) is 0 Å². The van der Waals surface area contributed by atoms with Crippen molar-refractivity contribution in [3.05, 3.63) is 0 Å². The maximum absolute atomic E-state index is 4.23. The van der Waals surface area contributed by atoms with Gasteiger partial charge in [0, 0.05) is 26.2 Å². The monoisotopic (exact) mass is 202 g/mol. The van der Waals surface area contributed by atoms with Crippen molar-refractivity contribution in [1.29, 1.82) is 0 Å². The predicted octanol–water partition coefficient (Wildman–Crippen LogP) is 1.33. The fraction of sp³-hybridized carbons (Fsp3) is 1.00. The fourth-order valence-corrected chi connectivity index (χ4v) is 1.99. The first-order valence-electron chi connectivity index (χ1n) is 5.42. The van der Waals surface area contributed by atoms with Crippen molar-refractivity contribution in [3.8, 4) is 0 Å². The van der Waals surface area contributed by atoms with Gasteiger partial charge in [0.1, 0.15) is 0 Å². The van der Waals surface area contributed by atoms with Gasteiger partial charge in [0.25, 0.3) is 0 Å². The van der Waals surface area contributed by atoms with E-state index < -0.39 is 0 Å². The van der Waals surface area contributed by atoms with Gasteiger partial charge >= 0.3 is 0 Å². The molecule has 0 bridgehead atoms. The lowest BCUT2D eigenvalue weighted by atomic mass is 10.3. The first kappa shape index (κ1) is 11.3. The molecule has 0 aromatic heterocycles. The van der Waals surface area contributed by atoms with E-state index in [0.717, 1.165) is 5.75 Å². The van der Waals surface area contributed by atoms with Gasteiger partial charge in [-0.15, -0.1) is 0 Å². The van der Waals surface area contributed by atoms with Crippen molar-refractivity contribution < 1.29 is 0 Å². The van der Waals surface area contributed by atoms with E-state index in [9.17, 15) is 0 Å². The number of rotatable bonds is 5. The highest BCUT2D eigenvalue weighted by Gasteiger charge is 2.14. The lowest BCUT2D eigenvalue weighted by Crippen LogP contribution is -2.46. The van der Waals surface area contributed by atoms with Gasteiger partial charge in [-0.25, -0.2) is 0 Å². The van der Waals surface area contributed by atoms with Gasteiger partial charge in [0.15, 0.2) is 0 Å². The summed E-state index contributed by atoms with van der Waals surface area (Å²) in [6.07, 6.45) is 2.52. The summed E-state index contributed by atoms with van der Waals surface area (Å²) in [6, 6.07) is 0. The zero-order valence-corrected chi connectivity index (χ0v) is 9.60. The maximum Gasteiger partial charge on any atom is 0.0110 e. The van der Waals surface area contributed by atoms with Gasteiger partial charge in [-0.1, -0.05) is 6.92 Å². The quantitative estimate of drug-likeness (QED) is 0.672. The van der Waals surface area contributed by atoms with Gasteiger partial charge in [0.2, 0.25) is 0 Å². The molecule has 0 atom stereocenters. The van der Waals surface area contributed by atoms with Crippen LogP contribution in [0.4, 0.5) is 0 Å². The van der Waals surface area contributed by atoms with Crippen LogP contribution in [0.2, 0.25) is 0 Å². The number of nitrogens with zero attached hydrogens (tertiary/aromatic N) is 2. The highest BCUT2D eigenvalue weighted by atomic mass is 32.1. The topological polar surface area (TPSA) is 6.48 Å². The second-order valence-electron chi connectivity index (χ2n) is 3.76. The lowest BCUT2D eigenvalue weighted by Gasteiger charge is -2.34. The van der Waals surface area contributed by atoms with Gasteiger partial charge in [-0.05, 0) is 31.7 Å². The normalized spacial score (nSPS) is 20.8. The Morgan fingerprint density at radius 1 is 1.00 bits per heavy atom. The molecule has 0 radical (unpaired) electrons. The zero-order valence-electron chi connectivity index (χ0n) is 8.71. The zero-order chi connectivity index (χ0) is 9.52. The molecule has 0 N–H and O–H groups in total. The van der Waals surface area contributed by atoms with Crippen molar-refractivity contribution in [2.45, 2.75) is 19.8 Å². The Morgan fingerprint density at radius 3 is 2.00 bits per heavy atom. The summed E-state index contributed by atoms with van der Waals surface area (Å²) in [5.41, 5.74) is 0. The minimum Gasteiger partial charge on any atom is -0.301 e. The second-order valence-corrected chi connectivity index (χ2v) is 4.21. The third-order valence-corrected chi connectivity index (χ3v) is 2.95. The number of hydrogen-bond acceptors (Lipinski definition) is 3. The largest absolute Gasteiger partial charge is 0.301 e. The minimum atomic E-state index is 1.02. The summed E-state index contributed by atoms with van der Waals surface area (Å²) in [4.78, 5) is 5.12. The van der Waals surface area contributed by atoms with Crippen LogP contribution in [0.1, 0.15) is 19.8 Å². The molecule has 13 heavy (non-hydrogen) atoms. The molecule has 0 spiro atoms. The van der Waals surface area contributed by atoms with Crippen molar-refractivity contribution in [2.75, 3.05) is 45.0 Å². The molecule has 1 fully saturated rings. The summed E-state index contributed by atoms with van der Waals surface area (Å²) >= 11 is 4.23. The highest BCUT2D eigenvalue weighted by Crippen LogP contribution is 2.03. The average Bonchev–Trinajstić information content (AvgIpc) is 2.17. The van der Waals surface area contributed by atoms with Crippen molar-refractivity contribution in [3.63, 3.8) is 0 Å². The molecule has 1 heterocycles. The standard InChI is InChI=1S/C10H22N2S/c1-2-4-11-6-8-12(9-7-11)5-3-10-13/h13H,2-10H2,1H3. The molecular formula is C10H22N2S. The van der Waals surface area contributed by atoms with E-state index in [1.165, 1.54) is 52.1 Å². The number of hydrogen-bond donors (Lipinski definition) is 1. The second kappa shape index (κ2) is 6.68. The summed E-state index contributed by atoms with van der Waals surface area (Å²) in [7, 11) is 0. The van der Waals surface area contributed by atoms with Gasteiger partial charge in [-0.2, -0.15) is 12.6 Å². The molecule has 1 saturated heterocycles. The predicted molar refractivity (Wildman–Crippen MR) is 61.6 cm³/mol. The van der Waals surface area contributed by atoms with E-state index in [2.05, 4.69) is 29.4 Å². The third-order valence-electron chi connectivity index (χ3n) is 2.64. The molecule has 0 aromatic carbocycles. The van der Waals surface area contributed by atoms with E-state index in [0.29, 0.717) is 0 Å². The molecule has 78 valence electrons. The van der Waals surface area contributed by atoms with Crippen molar-refractivity contribution in [2.24, 2.45) is 0 Å². The highest BCUT2D eigenvalue weighted by molar-refractivity contribution is 7.80. The Hall–Kier alpha value is 0.270. The molecule has 1 aliphatic heterocycles.